The summed E-state index contributed by atoms with van der Waals surface area (Å²) in [6.07, 6.45) is 6.35. The molecule has 154 valence electrons. The van der Waals surface area contributed by atoms with E-state index < -0.39 is 29.7 Å². The molecule has 0 aliphatic carbocycles. The lowest BCUT2D eigenvalue weighted by atomic mass is 10.0. The van der Waals surface area contributed by atoms with E-state index in [0.717, 1.165) is 43.3 Å². The Kier molecular flexibility index (Phi) is 6.74. The van der Waals surface area contributed by atoms with Crippen LogP contribution in [-0.2, 0) is 14.4 Å². The molecule has 2 aliphatic heterocycles. The third kappa shape index (κ3) is 4.52. The molecule has 29 heavy (non-hydrogen) atoms. The van der Waals surface area contributed by atoms with E-state index in [-0.39, 0.29) is 24.0 Å². The largest absolute Gasteiger partial charge is 0.493 e. The molecule has 1 aromatic rings. The molecule has 1 fully saturated rings. The number of fused-ring (bicyclic) bond motifs is 1. The van der Waals surface area contributed by atoms with E-state index in [1.54, 1.807) is 18.2 Å². The minimum atomic E-state index is -0.987. The molecule has 1 N–H and O–H groups in total. The van der Waals surface area contributed by atoms with Gasteiger partial charge in [0.2, 0.25) is 11.8 Å². The molecule has 1 atom stereocenters. The van der Waals surface area contributed by atoms with Crippen molar-refractivity contribution in [2.75, 3.05) is 6.61 Å². The second-order valence-electron chi connectivity index (χ2n) is 7.20. The number of imide groups is 2. The zero-order valence-electron chi connectivity index (χ0n) is 16.1. The van der Waals surface area contributed by atoms with E-state index in [0.29, 0.717) is 18.8 Å². The highest BCUT2D eigenvalue weighted by molar-refractivity contribution is 6.24. The van der Waals surface area contributed by atoms with Crippen LogP contribution in [0.1, 0.15) is 72.1 Å². The van der Waals surface area contributed by atoms with Crippen molar-refractivity contribution in [1.82, 2.24) is 10.2 Å². The summed E-state index contributed by atoms with van der Waals surface area (Å²) >= 11 is 0. The van der Waals surface area contributed by atoms with Crippen molar-refractivity contribution in [1.29, 1.82) is 0 Å². The van der Waals surface area contributed by atoms with Gasteiger partial charge in [-0.15, -0.1) is 0 Å². The first-order valence-electron chi connectivity index (χ1n) is 9.95. The van der Waals surface area contributed by atoms with Crippen molar-refractivity contribution in [3.63, 3.8) is 0 Å². The first kappa shape index (κ1) is 20.7. The number of nitrogens with zero attached hydrogens (tertiary/aromatic N) is 1. The van der Waals surface area contributed by atoms with Crippen LogP contribution in [0.25, 0.3) is 0 Å². The van der Waals surface area contributed by atoms with E-state index in [1.807, 2.05) is 0 Å². The summed E-state index contributed by atoms with van der Waals surface area (Å²) in [5.41, 5.74) is 0.388. The molecule has 0 spiro atoms. The fourth-order valence-electron chi connectivity index (χ4n) is 3.65. The Morgan fingerprint density at radius 3 is 2.55 bits per heavy atom. The number of unbranched alkanes of at least 4 members (excludes halogenated alkanes) is 5. The standard InChI is InChI=1S/C21H24N2O6/c24-12-5-3-1-2-4-6-13-29-16-9-7-8-14-18(16)21(28)23(20(14)27)15-10-11-17(25)22-19(15)26/h7-9,12,15H,1-6,10-11,13H2,(H,22,25,26). The summed E-state index contributed by atoms with van der Waals surface area (Å²) in [6, 6.07) is 3.84. The Morgan fingerprint density at radius 1 is 1.03 bits per heavy atom. The van der Waals surface area contributed by atoms with Gasteiger partial charge in [-0.3, -0.25) is 29.4 Å². The smallest absolute Gasteiger partial charge is 0.266 e. The van der Waals surface area contributed by atoms with E-state index in [9.17, 15) is 24.0 Å². The zero-order chi connectivity index (χ0) is 20.8. The summed E-state index contributed by atoms with van der Waals surface area (Å²) in [6.45, 7) is 0.407. The molecule has 0 bridgehead atoms. The number of hydrogen-bond acceptors (Lipinski definition) is 6. The number of amides is 4. The molecule has 3 rings (SSSR count). The van der Waals surface area contributed by atoms with E-state index >= 15 is 0 Å². The predicted molar refractivity (Wildman–Crippen MR) is 102 cm³/mol. The first-order valence-corrected chi connectivity index (χ1v) is 9.95. The third-order valence-corrected chi connectivity index (χ3v) is 5.15. The molecule has 8 heteroatoms. The van der Waals surface area contributed by atoms with Crippen LogP contribution >= 0.6 is 0 Å². The van der Waals surface area contributed by atoms with Crippen molar-refractivity contribution < 1.29 is 28.7 Å². The molecule has 4 amide bonds. The molecular formula is C21H24N2O6. The van der Waals surface area contributed by atoms with Gasteiger partial charge in [0.05, 0.1) is 17.7 Å². The monoisotopic (exact) mass is 400 g/mol. The molecule has 1 aromatic carbocycles. The maximum Gasteiger partial charge on any atom is 0.266 e. The number of nitrogens with one attached hydrogen (secondary N) is 1. The van der Waals surface area contributed by atoms with Gasteiger partial charge < -0.3 is 9.53 Å². The third-order valence-electron chi connectivity index (χ3n) is 5.15. The normalized spacial score (nSPS) is 18.6. The fourth-order valence-corrected chi connectivity index (χ4v) is 3.65. The molecule has 2 heterocycles. The Hall–Kier alpha value is -3.03. The summed E-state index contributed by atoms with van der Waals surface area (Å²) in [5, 5.41) is 2.18. The zero-order valence-corrected chi connectivity index (χ0v) is 16.1. The highest BCUT2D eigenvalue weighted by Gasteiger charge is 2.45. The van der Waals surface area contributed by atoms with Gasteiger partial charge in [0.15, 0.2) is 0 Å². The lowest BCUT2D eigenvalue weighted by molar-refractivity contribution is -0.136. The number of ether oxygens (including phenoxy) is 1. The molecule has 0 radical (unpaired) electrons. The average molecular weight is 400 g/mol. The summed E-state index contributed by atoms with van der Waals surface area (Å²) in [7, 11) is 0. The lowest BCUT2D eigenvalue weighted by Crippen LogP contribution is -2.54. The van der Waals surface area contributed by atoms with Gasteiger partial charge in [-0.1, -0.05) is 25.3 Å². The first-order chi connectivity index (χ1) is 14.0. The Morgan fingerprint density at radius 2 is 1.79 bits per heavy atom. The second kappa shape index (κ2) is 9.45. The van der Waals surface area contributed by atoms with Crippen LogP contribution in [-0.4, -0.2) is 47.5 Å². The number of aldehydes is 1. The van der Waals surface area contributed by atoms with Gasteiger partial charge in [-0.25, -0.2) is 0 Å². The highest BCUT2D eigenvalue weighted by atomic mass is 16.5. The second-order valence-corrected chi connectivity index (χ2v) is 7.20. The van der Waals surface area contributed by atoms with Crippen molar-refractivity contribution in [2.45, 2.75) is 57.4 Å². The topological polar surface area (TPSA) is 110 Å². The number of carbonyl (C=O) groups is 5. The van der Waals surface area contributed by atoms with Crippen molar-refractivity contribution >= 4 is 29.9 Å². The Labute approximate surface area is 168 Å². The number of benzene rings is 1. The Balaban J connectivity index is 1.62. The van der Waals surface area contributed by atoms with Gasteiger partial charge in [0.1, 0.15) is 18.1 Å². The van der Waals surface area contributed by atoms with Crippen LogP contribution in [0, 0.1) is 0 Å². The fraction of sp³-hybridized carbons (Fsp3) is 0.476. The number of carbonyl (C=O) groups excluding carboxylic acids is 5. The SMILES string of the molecule is O=CCCCCCCCOc1cccc2c1C(=O)N(C1CCC(=O)NC1=O)C2=O. The molecule has 1 unspecified atom stereocenters. The van der Waals surface area contributed by atoms with Crippen molar-refractivity contribution in [3.05, 3.63) is 29.3 Å². The summed E-state index contributed by atoms with van der Waals surface area (Å²) < 4.78 is 5.76. The molecule has 8 nitrogen and oxygen atoms in total. The van der Waals surface area contributed by atoms with Gasteiger partial charge in [-0.2, -0.15) is 0 Å². The predicted octanol–water partition coefficient (Wildman–Crippen LogP) is 2.01. The maximum absolute atomic E-state index is 12.9. The quantitative estimate of drug-likeness (QED) is 0.365. The minimum Gasteiger partial charge on any atom is -0.493 e. The molecule has 0 aromatic heterocycles. The van der Waals surface area contributed by atoms with Crippen LogP contribution in [0.15, 0.2) is 18.2 Å². The lowest BCUT2D eigenvalue weighted by Gasteiger charge is -2.27. The van der Waals surface area contributed by atoms with E-state index in [4.69, 9.17) is 4.74 Å². The minimum absolute atomic E-state index is 0.0834. The summed E-state index contributed by atoms with van der Waals surface area (Å²) in [4.78, 5) is 60.4. The van der Waals surface area contributed by atoms with Gasteiger partial charge >= 0.3 is 0 Å². The molecule has 2 aliphatic rings. The number of rotatable bonds is 10. The number of piperidine rings is 1. The van der Waals surface area contributed by atoms with Gasteiger partial charge in [-0.05, 0) is 31.4 Å². The van der Waals surface area contributed by atoms with Crippen molar-refractivity contribution in [3.8, 4) is 5.75 Å². The van der Waals surface area contributed by atoms with Crippen LogP contribution in [0.5, 0.6) is 5.75 Å². The maximum atomic E-state index is 12.9. The Bertz CT molecular complexity index is 834. The van der Waals surface area contributed by atoms with Gasteiger partial charge in [0.25, 0.3) is 11.8 Å². The highest BCUT2D eigenvalue weighted by Crippen LogP contribution is 2.33. The van der Waals surface area contributed by atoms with Crippen LogP contribution in [0.2, 0.25) is 0 Å². The summed E-state index contributed by atoms with van der Waals surface area (Å²) in [5.74, 6) is -1.81. The van der Waals surface area contributed by atoms with Crippen molar-refractivity contribution in [2.24, 2.45) is 0 Å². The molecule has 0 saturated carbocycles. The van der Waals surface area contributed by atoms with E-state index in [1.165, 1.54) is 0 Å². The van der Waals surface area contributed by atoms with Gasteiger partial charge in [0, 0.05) is 12.8 Å². The van der Waals surface area contributed by atoms with Crippen LogP contribution in [0.3, 0.4) is 0 Å². The molecular weight excluding hydrogens is 376 g/mol. The van der Waals surface area contributed by atoms with Crippen LogP contribution in [0.4, 0.5) is 0 Å². The molecule has 1 saturated heterocycles. The number of hydrogen-bond donors (Lipinski definition) is 1. The average Bonchev–Trinajstić information content (AvgIpc) is 2.95. The van der Waals surface area contributed by atoms with E-state index in [2.05, 4.69) is 5.32 Å². The van der Waals surface area contributed by atoms with Crippen LogP contribution < -0.4 is 10.1 Å².